The number of aromatic nitrogens is 3. The van der Waals surface area contributed by atoms with E-state index in [1.165, 1.54) is 0 Å². The second-order valence-corrected chi connectivity index (χ2v) is 4.02. The zero-order valence-electron chi connectivity index (χ0n) is 8.56. The fraction of sp³-hybridized carbons (Fsp3) is 0.778. The summed E-state index contributed by atoms with van der Waals surface area (Å²) < 4.78 is 2.11. The van der Waals surface area contributed by atoms with Gasteiger partial charge in [-0.3, -0.25) is 4.90 Å². The Balaban J connectivity index is 1.94. The molecule has 1 atom stereocenters. The molecule has 2 N–H and O–H groups in total. The monoisotopic (exact) mass is 195 g/mol. The second kappa shape index (κ2) is 4.06. The topological polar surface area (TPSA) is 60.0 Å². The maximum Gasteiger partial charge on any atom is 0.147 e. The first kappa shape index (κ1) is 9.61. The molecule has 0 aromatic carbocycles. The van der Waals surface area contributed by atoms with Crippen LogP contribution in [0.3, 0.4) is 0 Å². The van der Waals surface area contributed by atoms with Crippen molar-refractivity contribution in [2.75, 3.05) is 19.6 Å². The SMILES string of the molecule is CC(CN)CN1CCn2cnnc2C1. The van der Waals surface area contributed by atoms with Crippen LogP contribution in [0.2, 0.25) is 0 Å². The van der Waals surface area contributed by atoms with Crippen molar-refractivity contribution in [2.24, 2.45) is 11.7 Å². The van der Waals surface area contributed by atoms with Crippen LogP contribution in [0.25, 0.3) is 0 Å². The second-order valence-electron chi connectivity index (χ2n) is 4.02. The van der Waals surface area contributed by atoms with Crippen LogP contribution in [0.5, 0.6) is 0 Å². The predicted molar refractivity (Wildman–Crippen MR) is 53.5 cm³/mol. The number of nitrogens with zero attached hydrogens (tertiary/aromatic N) is 4. The van der Waals surface area contributed by atoms with Gasteiger partial charge in [0.1, 0.15) is 12.2 Å². The molecule has 0 aliphatic carbocycles. The molecule has 0 saturated heterocycles. The Labute approximate surface area is 83.9 Å². The van der Waals surface area contributed by atoms with E-state index >= 15 is 0 Å². The van der Waals surface area contributed by atoms with E-state index in [-0.39, 0.29) is 0 Å². The molecule has 14 heavy (non-hydrogen) atoms. The Morgan fingerprint density at radius 2 is 2.43 bits per heavy atom. The van der Waals surface area contributed by atoms with E-state index < -0.39 is 0 Å². The lowest BCUT2D eigenvalue weighted by molar-refractivity contribution is 0.192. The zero-order chi connectivity index (χ0) is 9.97. The predicted octanol–water partition coefficient (Wildman–Crippen LogP) is -0.311. The lowest BCUT2D eigenvalue weighted by Gasteiger charge is -2.28. The maximum absolute atomic E-state index is 5.60. The summed E-state index contributed by atoms with van der Waals surface area (Å²) in [7, 11) is 0. The minimum atomic E-state index is 0.560. The van der Waals surface area contributed by atoms with Gasteiger partial charge in [-0.2, -0.15) is 0 Å². The standard InChI is InChI=1S/C9H17N5/c1-8(4-10)5-13-2-3-14-7-11-12-9(14)6-13/h7-8H,2-6,10H2,1H3. The van der Waals surface area contributed by atoms with Gasteiger partial charge in [-0.1, -0.05) is 6.92 Å². The van der Waals surface area contributed by atoms with Gasteiger partial charge in [-0.15, -0.1) is 10.2 Å². The lowest BCUT2D eigenvalue weighted by Crippen LogP contribution is -2.37. The van der Waals surface area contributed by atoms with E-state index in [0.717, 1.165) is 38.5 Å². The van der Waals surface area contributed by atoms with Gasteiger partial charge in [-0.25, -0.2) is 0 Å². The number of hydrogen-bond acceptors (Lipinski definition) is 4. The largest absolute Gasteiger partial charge is 0.330 e. The Kier molecular flexibility index (Phi) is 2.79. The highest BCUT2D eigenvalue weighted by Gasteiger charge is 2.18. The first-order chi connectivity index (χ1) is 6.79. The summed E-state index contributed by atoms with van der Waals surface area (Å²) in [6.45, 7) is 6.98. The first-order valence-electron chi connectivity index (χ1n) is 5.08. The highest BCUT2D eigenvalue weighted by Crippen LogP contribution is 2.10. The van der Waals surface area contributed by atoms with Gasteiger partial charge in [0.15, 0.2) is 0 Å². The van der Waals surface area contributed by atoms with E-state index in [1.807, 2.05) is 0 Å². The molecule has 1 unspecified atom stereocenters. The molecule has 2 rings (SSSR count). The van der Waals surface area contributed by atoms with Gasteiger partial charge in [0.2, 0.25) is 0 Å². The molecule has 0 bridgehead atoms. The maximum atomic E-state index is 5.60. The molecule has 1 aliphatic heterocycles. The summed E-state index contributed by atoms with van der Waals surface area (Å²) in [6, 6.07) is 0. The van der Waals surface area contributed by atoms with Crippen molar-refractivity contribution in [3.63, 3.8) is 0 Å². The van der Waals surface area contributed by atoms with Crippen molar-refractivity contribution < 1.29 is 0 Å². The van der Waals surface area contributed by atoms with Gasteiger partial charge >= 0.3 is 0 Å². The minimum Gasteiger partial charge on any atom is -0.330 e. The van der Waals surface area contributed by atoms with E-state index in [9.17, 15) is 0 Å². The molecule has 0 amide bonds. The molecule has 1 aromatic heterocycles. The van der Waals surface area contributed by atoms with Crippen LogP contribution in [-0.2, 0) is 13.1 Å². The van der Waals surface area contributed by atoms with Crippen LogP contribution in [0.4, 0.5) is 0 Å². The molecule has 0 saturated carbocycles. The van der Waals surface area contributed by atoms with E-state index in [2.05, 4.69) is 26.6 Å². The van der Waals surface area contributed by atoms with E-state index in [4.69, 9.17) is 5.73 Å². The van der Waals surface area contributed by atoms with Gasteiger partial charge < -0.3 is 10.3 Å². The van der Waals surface area contributed by atoms with Crippen molar-refractivity contribution in [3.8, 4) is 0 Å². The van der Waals surface area contributed by atoms with Crippen molar-refractivity contribution in [2.45, 2.75) is 20.0 Å². The third kappa shape index (κ3) is 1.93. The number of nitrogens with two attached hydrogens (primary N) is 1. The van der Waals surface area contributed by atoms with Crippen LogP contribution < -0.4 is 5.73 Å². The summed E-state index contributed by atoms with van der Waals surface area (Å²) in [4.78, 5) is 2.39. The third-order valence-electron chi connectivity index (χ3n) is 2.69. The van der Waals surface area contributed by atoms with Crippen LogP contribution >= 0.6 is 0 Å². The summed E-state index contributed by atoms with van der Waals surface area (Å²) >= 11 is 0. The molecular weight excluding hydrogens is 178 g/mol. The fourth-order valence-corrected chi connectivity index (χ4v) is 1.79. The average Bonchev–Trinajstić information content (AvgIpc) is 2.64. The number of fused-ring (bicyclic) bond motifs is 1. The van der Waals surface area contributed by atoms with Crippen molar-refractivity contribution in [1.29, 1.82) is 0 Å². The van der Waals surface area contributed by atoms with Crippen molar-refractivity contribution in [3.05, 3.63) is 12.2 Å². The number of hydrogen-bond donors (Lipinski definition) is 1. The number of rotatable bonds is 3. The molecule has 0 radical (unpaired) electrons. The molecule has 5 heteroatoms. The van der Waals surface area contributed by atoms with Gasteiger partial charge in [-0.05, 0) is 12.5 Å². The van der Waals surface area contributed by atoms with Gasteiger partial charge in [0, 0.05) is 19.6 Å². The lowest BCUT2D eigenvalue weighted by atomic mass is 10.1. The Morgan fingerprint density at radius 1 is 1.57 bits per heavy atom. The molecule has 0 spiro atoms. The average molecular weight is 195 g/mol. The Hall–Kier alpha value is -0.940. The van der Waals surface area contributed by atoms with Crippen LogP contribution in [0.15, 0.2) is 6.33 Å². The third-order valence-corrected chi connectivity index (χ3v) is 2.69. The fourth-order valence-electron chi connectivity index (χ4n) is 1.79. The summed E-state index contributed by atoms with van der Waals surface area (Å²) in [6.07, 6.45) is 1.80. The minimum absolute atomic E-state index is 0.560. The Bertz CT molecular complexity index is 295. The summed E-state index contributed by atoms with van der Waals surface area (Å²) in [5.41, 5.74) is 5.60. The van der Waals surface area contributed by atoms with Crippen LogP contribution in [-0.4, -0.2) is 39.3 Å². The van der Waals surface area contributed by atoms with E-state index in [1.54, 1.807) is 6.33 Å². The Morgan fingerprint density at radius 3 is 3.21 bits per heavy atom. The molecule has 2 heterocycles. The summed E-state index contributed by atoms with van der Waals surface area (Å²) in [5.74, 6) is 1.63. The van der Waals surface area contributed by atoms with Gasteiger partial charge in [0.05, 0.1) is 6.54 Å². The molecule has 5 nitrogen and oxygen atoms in total. The molecule has 1 aromatic rings. The zero-order valence-corrected chi connectivity index (χ0v) is 8.56. The van der Waals surface area contributed by atoms with Crippen LogP contribution in [0, 0.1) is 5.92 Å². The van der Waals surface area contributed by atoms with Crippen molar-refractivity contribution in [1.82, 2.24) is 19.7 Å². The molecule has 0 fully saturated rings. The molecule has 78 valence electrons. The highest BCUT2D eigenvalue weighted by molar-refractivity contribution is 4.90. The van der Waals surface area contributed by atoms with Gasteiger partial charge in [0.25, 0.3) is 0 Å². The smallest absolute Gasteiger partial charge is 0.147 e. The quantitative estimate of drug-likeness (QED) is 0.718. The molecular formula is C9H17N5. The summed E-state index contributed by atoms with van der Waals surface area (Å²) in [5, 5.41) is 7.98. The highest BCUT2D eigenvalue weighted by atomic mass is 15.3. The normalized spacial score (nSPS) is 19.3. The molecule has 1 aliphatic rings. The van der Waals surface area contributed by atoms with E-state index in [0.29, 0.717) is 5.92 Å². The first-order valence-corrected chi connectivity index (χ1v) is 5.08. The van der Waals surface area contributed by atoms with Crippen LogP contribution in [0.1, 0.15) is 12.7 Å². The van der Waals surface area contributed by atoms with Crippen molar-refractivity contribution >= 4 is 0 Å².